The smallest absolute Gasteiger partial charge is 0.135 e. The monoisotopic (exact) mass is 604 g/mol. The van der Waals surface area contributed by atoms with Crippen LogP contribution in [0.1, 0.15) is 30.1 Å². The number of fused-ring (bicyclic) bond motifs is 6. The minimum absolute atomic E-state index is 0. The van der Waals surface area contributed by atoms with E-state index >= 15 is 0 Å². The van der Waals surface area contributed by atoms with Crippen molar-refractivity contribution < 1.29 is 26.2 Å². The van der Waals surface area contributed by atoms with Gasteiger partial charge in [0.2, 0.25) is 0 Å². The second-order valence-electron chi connectivity index (χ2n) is 11.8. The quantitative estimate of drug-likeness (QED) is 0.134. The molecule has 8 rings (SSSR count). The minimum atomic E-state index is -0.0410. The summed E-state index contributed by atoms with van der Waals surface area (Å²) in [5.74, 6) is 1.18. The maximum Gasteiger partial charge on any atom is 0.135 e. The van der Waals surface area contributed by atoms with E-state index in [0.717, 1.165) is 36.1 Å². The molecule has 5 aromatic rings. The Bertz CT molecular complexity index is 1670. The highest BCUT2D eigenvalue weighted by atomic mass is 79.9. The largest absolute Gasteiger partial charge is 1.00 e. The zero-order valence-electron chi connectivity index (χ0n) is 23.5. The molecule has 208 valence electrons. The van der Waals surface area contributed by atoms with E-state index in [-0.39, 0.29) is 23.1 Å². The molecule has 0 amide bonds. The van der Waals surface area contributed by atoms with Crippen molar-refractivity contribution in [2.45, 2.75) is 31.5 Å². The number of quaternary nitrogens is 1. The molecule has 3 saturated heterocycles. The Kier molecular flexibility index (Phi) is 7.82. The van der Waals surface area contributed by atoms with E-state index in [9.17, 15) is 0 Å². The predicted octanol–water partition coefficient (Wildman–Crippen LogP) is 5.40. The number of ether oxygens (including phenoxy) is 1. The van der Waals surface area contributed by atoms with Crippen LogP contribution < -0.4 is 17.0 Å². The van der Waals surface area contributed by atoms with Crippen LogP contribution in [0, 0.1) is 11.8 Å². The first-order chi connectivity index (χ1) is 19.7. The third kappa shape index (κ3) is 4.82. The molecule has 0 radical (unpaired) electrons. The molecule has 4 unspecified atom stereocenters. The molecule has 41 heavy (non-hydrogen) atoms. The van der Waals surface area contributed by atoms with Crippen molar-refractivity contribution in [1.82, 2.24) is 4.98 Å². The Hall–Kier alpha value is -3.31. The van der Waals surface area contributed by atoms with Crippen molar-refractivity contribution in [3.05, 3.63) is 128 Å². The zero-order chi connectivity index (χ0) is 27.1. The second-order valence-corrected chi connectivity index (χ2v) is 11.8. The highest BCUT2D eigenvalue weighted by Crippen LogP contribution is 2.50. The Morgan fingerprint density at radius 1 is 0.902 bits per heavy atom. The molecule has 3 nitrogen and oxygen atoms in total. The number of hydrogen-bond acceptors (Lipinski definition) is 2. The lowest BCUT2D eigenvalue weighted by Gasteiger charge is -2.58. The lowest BCUT2D eigenvalue weighted by atomic mass is 9.70. The van der Waals surface area contributed by atoms with Gasteiger partial charge in [0, 0.05) is 35.9 Å². The van der Waals surface area contributed by atoms with Crippen molar-refractivity contribution in [3.8, 4) is 0 Å². The van der Waals surface area contributed by atoms with Crippen LogP contribution in [-0.4, -0.2) is 35.2 Å². The Morgan fingerprint density at radius 3 is 2.29 bits per heavy atom. The third-order valence-electron chi connectivity index (χ3n) is 9.76. The molecule has 0 saturated carbocycles. The van der Waals surface area contributed by atoms with Crippen molar-refractivity contribution in [1.29, 1.82) is 0 Å². The average Bonchev–Trinajstić information content (AvgIpc) is 3.01. The number of rotatable bonds is 8. The molecule has 5 atom stereocenters. The first-order valence-corrected chi connectivity index (χ1v) is 14.6. The normalized spacial score (nSPS) is 24.2. The van der Waals surface area contributed by atoms with Gasteiger partial charge < -0.3 is 26.2 Å². The van der Waals surface area contributed by atoms with Crippen LogP contribution in [0.4, 0.5) is 0 Å². The van der Waals surface area contributed by atoms with Crippen LogP contribution >= 0.6 is 0 Å². The minimum Gasteiger partial charge on any atom is -1.00 e. The maximum atomic E-state index is 6.80. The average molecular weight is 606 g/mol. The molecule has 0 N–H and O–H groups in total. The maximum absolute atomic E-state index is 6.80. The Morgan fingerprint density at radius 2 is 1.59 bits per heavy atom. The van der Waals surface area contributed by atoms with Crippen molar-refractivity contribution >= 4 is 32.4 Å². The van der Waals surface area contributed by atoms with Gasteiger partial charge in [-0.1, -0.05) is 78.9 Å². The lowest BCUT2D eigenvalue weighted by Crippen LogP contribution is -3.00. The van der Waals surface area contributed by atoms with Crippen molar-refractivity contribution in [2.24, 2.45) is 11.8 Å². The fourth-order valence-electron chi connectivity index (χ4n) is 7.90. The first-order valence-electron chi connectivity index (χ1n) is 14.6. The highest BCUT2D eigenvalue weighted by Gasteiger charge is 2.54. The molecule has 2 bridgehead atoms. The second kappa shape index (κ2) is 11.5. The SMILES string of the molecule is C=CCO[C@H](c1ccnc2ccccc12)C1CC2CC[N+]1(Cc1c3ccccc3cc3ccccc13)CC2C=C.[Br-]. The molecule has 4 heteroatoms. The highest BCUT2D eigenvalue weighted by molar-refractivity contribution is 6.02. The van der Waals surface area contributed by atoms with Gasteiger partial charge in [-0.05, 0) is 51.2 Å². The summed E-state index contributed by atoms with van der Waals surface area (Å²) in [7, 11) is 0. The molecule has 0 aliphatic carbocycles. The molecule has 0 spiro atoms. The summed E-state index contributed by atoms with van der Waals surface area (Å²) < 4.78 is 7.81. The summed E-state index contributed by atoms with van der Waals surface area (Å²) in [6.45, 7) is 12.1. The van der Waals surface area contributed by atoms with Gasteiger partial charge in [0.05, 0.1) is 25.2 Å². The summed E-state index contributed by atoms with van der Waals surface area (Å²) in [6.07, 6.45) is 8.41. The van der Waals surface area contributed by atoms with Crippen LogP contribution in [0.3, 0.4) is 0 Å². The number of nitrogens with zero attached hydrogens (tertiary/aromatic N) is 2. The fraction of sp³-hybridized carbons (Fsp3) is 0.270. The molecule has 1 aromatic heterocycles. The van der Waals surface area contributed by atoms with Gasteiger partial charge in [-0.2, -0.15) is 0 Å². The first kappa shape index (κ1) is 27.8. The standard InChI is InChI=1S/C37H37N2O.BrH/c1-3-21-40-37(33-17-19-38-35-16-10-9-15-32(33)35)36-23-27-18-20-39(36,24-26(27)4-2)25-34-30-13-7-5-11-28(30)22-29-12-6-8-14-31(29)34;/h3-17,19,22,26-27,36-37H,1-2,18,20-21,23-25H2;1H/q+1;/p-1/t26?,27?,36?,37-,39?;/m1./s1. The van der Waals surface area contributed by atoms with E-state index in [1.807, 2.05) is 12.3 Å². The van der Waals surface area contributed by atoms with Crippen LogP contribution in [0.5, 0.6) is 0 Å². The van der Waals surface area contributed by atoms with Crippen LogP contribution in [0.2, 0.25) is 0 Å². The van der Waals surface area contributed by atoms with Crippen LogP contribution in [0.25, 0.3) is 32.4 Å². The fourth-order valence-corrected chi connectivity index (χ4v) is 7.90. The van der Waals surface area contributed by atoms with Crippen LogP contribution in [-0.2, 0) is 11.3 Å². The molecule has 3 aliphatic heterocycles. The van der Waals surface area contributed by atoms with Gasteiger partial charge in [-0.3, -0.25) is 4.98 Å². The molecule has 4 aromatic carbocycles. The predicted molar refractivity (Wildman–Crippen MR) is 166 cm³/mol. The summed E-state index contributed by atoms with van der Waals surface area (Å²) in [4.78, 5) is 4.68. The van der Waals surface area contributed by atoms with Crippen molar-refractivity contribution in [2.75, 3.05) is 19.7 Å². The number of benzene rings is 4. The van der Waals surface area contributed by atoms with Gasteiger partial charge in [0.1, 0.15) is 18.7 Å². The van der Waals surface area contributed by atoms with E-state index < -0.39 is 0 Å². The zero-order valence-corrected chi connectivity index (χ0v) is 25.0. The van der Waals surface area contributed by atoms with Crippen LogP contribution in [0.15, 0.2) is 116 Å². The van der Waals surface area contributed by atoms with Gasteiger partial charge in [-0.25, -0.2) is 0 Å². The molecular weight excluding hydrogens is 568 g/mol. The summed E-state index contributed by atoms with van der Waals surface area (Å²) >= 11 is 0. The number of aromatic nitrogens is 1. The van der Waals surface area contributed by atoms with E-state index in [1.165, 1.54) is 44.5 Å². The van der Waals surface area contributed by atoms with Crippen molar-refractivity contribution in [3.63, 3.8) is 0 Å². The van der Waals surface area contributed by atoms with Gasteiger partial charge in [-0.15, -0.1) is 13.2 Å². The Balaban J connectivity index is 0.00000302. The number of pyridine rings is 1. The molecule has 3 aliphatic rings. The summed E-state index contributed by atoms with van der Waals surface area (Å²) in [5, 5.41) is 6.56. The van der Waals surface area contributed by atoms with E-state index in [2.05, 4.69) is 109 Å². The number of hydrogen-bond donors (Lipinski definition) is 0. The summed E-state index contributed by atoms with van der Waals surface area (Å²) in [6, 6.07) is 31.2. The van der Waals surface area contributed by atoms with E-state index in [0.29, 0.717) is 24.5 Å². The number of piperidine rings is 3. The summed E-state index contributed by atoms with van der Waals surface area (Å²) in [5.41, 5.74) is 3.74. The molecule has 3 fully saturated rings. The third-order valence-corrected chi connectivity index (χ3v) is 9.76. The topological polar surface area (TPSA) is 22.1 Å². The molecular formula is C37H37BrN2O. The molecule has 4 heterocycles. The van der Waals surface area contributed by atoms with Gasteiger partial charge in [0.15, 0.2) is 0 Å². The van der Waals surface area contributed by atoms with Gasteiger partial charge in [0.25, 0.3) is 0 Å². The van der Waals surface area contributed by atoms with E-state index in [1.54, 1.807) is 0 Å². The lowest BCUT2D eigenvalue weighted by molar-refractivity contribution is -0.984. The Labute approximate surface area is 253 Å². The van der Waals surface area contributed by atoms with Gasteiger partial charge >= 0.3 is 0 Å². The number of para-hydroxylation sites is 1. The number of halogens is 1. The van der Waals surface area contributed by atoms with E-state index in [4.69, 9.17) is 4.74 Å².